The normalized spacial score (nSPS) is 14.4. The Hall–Kier alpha value is -1.04. The topological polar surface area (TPSA) is 43.8 Å². The van der Waals surface area contributed by atoms with Crippen LogP contribution in [0.3, 0.4) is 0 Å². The number of hydrogen-bond donors (Lipinski definition) is 1. The van der Waals surface area contributed by atoms with Crippen LogP contribution < -0.4 is 5.73 Å². The lowest BCUT2D eigenvalue weighted by molar-refractivity contribution is -0.148. The molecule has 98 valence electrons. The summed E-state index contributed by atoms with van der Waals surface area (Å²) in [6.45, 7) is 6.57. The Morgan fingerprint density at radius 1 is 1.29 bits per heavy atom. The molecule has 3 nitrogen and oxygen atoms in total. The highest BCUT2D eigenvalue weighted by molar-refractivity contribution is 5.30. The van der Waals surface area contributed by atoms with Crippen molar-refractivity contribution in [3.63, 3.8) is 0 Å². The summed E-state index contributed by atoms with van der Waals surface area (Å²) in [5.74, 6) is -1.63. The van der Waals surface area contributed by atoms with E-state index in [-0.39, 0.29) is 11.6 Å². The fourth-order valence-electron chi connectivity index (χ4n) is 2.10. The molecule has 0 fully saturated rings. The van der Waals surface area contributed by atoms with Crippen molar-refractivity contribution in [2.24, 2.45) is 5.73 Å². The van der Waals surface area contributed by atoms with E-state index in [2.05, 4.69) is 5.10 Å². The van der Waals surface area contributed by atoms with Gasteiger partial charge in [0.15, 0.2) is 0 Å². The van der Waals surface area contributed by atoms with E-state index in [1.165, 1.54) is 0 Å². The maximum Gasteiger partial charge on any atom is 0.397 e. The molecule has 0 amide bonds. The predicted octanol–water partition coefficient (Wildman–Crippen LogP) is 2.69. The van der Waals surface area contributed by atoms with Gasteiger partial charge in [0.25, 0.3) is 0 Å². The van der Waals surface area contributed by atoms with Crippen molar-refractivity contribution >= 4 is 0 Å². The van der Waals surface area contributed by atoms with Crippen LogP contribution in [0.2, 0.25) is 0 Å². The van der Waals surface area contributed by atoms with Gasteiger partial charge in [0.1, 0.15) is 0 Å². The fourth-order valence-corrected chi connectivity index (χ4v) is 2.10. The van der Waals surface area contributed by atoms with Crippen molar-refractivity contribution in [3.05, 3.63) is 17.0 Å². The molecule has 0 aromatic carbocycles. The molecule has 1 heterocycles. The number of aryl methyl sites for hydroxylation is 1. The molecule has 1 aromatic heterocycles. The second kappa shape index (κ2) is 4.68. The van der Waals surface area contributed by atoms with Gasteiger partial charge in [0.05, 0.1) is 11.6 Å². The quantitative estimate of drug-likeness (QED) is 0.895. The van der Waals surface area contributed by atoms with Crippen molar-refractivity contribution in [1.29, 1.82) is 0 Å². The molecule has 0 saturated heterocycles. The van der Waals surface area contributed by atoms with Gasteiger partial charge in [0.2, 0.25) is 0 Å². The Labute approximate surface area is 98.8 Å². The monoisotopic (exact) mass is 249 g/mol. The van der Waals surface area contributed by atoms with E-state index in [0.717, 1.165) is 0 Å². The van der Waals surface area contributed by atoms with Crippen molar-refractivity contribution in [3.8, 4) is 0 Å². The molecule has 0 aliphatic heterocycles. The van der Waals surface area contributed by atoms with Crippen LogP contribution in [0.25, 0.3) is 0 Å². The number of nitrogens with zero attached hydrogens (tertiary/aromatic N) is 2. The molecule has 1 aromatic rings. The van der Waals surface area contributed by atoms with Crippen LogP contribution in [0, 0.1) is 13.8 Å². The van der Waals surface area contributed by atoms with Crippen LogP contribution >= 0.6 is 0 Å². The standard InChI is InChI=1S/C11H18F3N3/c1-6(2)17-8(4)10(7(3)16-17)9(5-15)11(12,13)14/h6,9H,5,15H2,1-4H3. The molecule has 6 heteroatoms. The predicted molar refractivity (Wildman–Crippen MR) is 59.9 cm³/mol. The third-order valence-electron chi connectivity index (χ3n) is 2.85. The first-order valence-corrected chi connectivity index (χ1v) is 5.52. The van der Waals surface area contributed by atoms with Gasteiger partial charge in [0, 0.05) is 23.8 Å². The first-order chi connectivity index (χ1) is 7.70. The SMILES string of the molecule is Cc1nn(C(C)C)c(C)c1C(CN)C(F)(F)F. The second-order valence-electron chi connectivity index (χ2n) is 4.45. The highest BCUT2D eigenvalue weighted by Crippen LogP contribution is 2.37. The zero-order valence-corrected chi connectivity index (χ0v) is 10.5. The number of halogens is 3. The minimum absolute atomic E-state index is 0.0362. The molecule has 0 spiro atoms. The molecular formula is C11H18F3N3. The summed E-state index contributed by atoms with van der Waals surface area (Å²) in [5, 5.41) is 4.15. The summed E-state index contributed by atoms with van der Waals surface area (Å²) in [6, 6.07) is 0.0362. The van der Waals surface area contributed by atoms with Crippen LogP contribution in [0.15, 0.2) is 0 Å². The van der Waals surface area contributed by atoms with Gasteiger partial charge in [-0.05, 0) is 27.7 Å². The zero-order chi connectivity index (χ0) is 13.4. The summed E-state index contributed by atoms with van der Waals surface area (Å²) >= 11 is 0. The van der Waals surface area contributed by atoms with E-state index in [4.69, 9.17) is 5.73 Å². The Bertz CT molecular complexity index is 393. The van der Waals surface area contributed by atoms with Gasteiger partial charge in [-0.2, -0.15) is 18.3 Å². The lowest BCUT2D eigenvalue weighted by Gasteiger charge is -2.19. The maximum atomic E-state index is 12.9. The van der Waals surface area contributed by atoms with E-state index >= 15 is 0 Å². The average Bonchev–Trinajstić information content (AvgIpc) is 2.44. The molecule has 0 bridgehead atoms. The molecule has 1 unspecified atom stereocenters. The number of rotatable bonds is 3. The van der Waals surface area contributed by atoms with Gasteiger partial charge in [-0.25, -0.2) is 0 Å². The van der Waals surface area contributed by atoms with Gasteiger partial charge in [-0.15, -0.1) is 0 Å². The minimum Gasteiger partial charge on any atom is -0.330 e. The molecule has 0 saturated carbocycles. The van der Waals surface area contributed by atoms with Gasteiger partial charge in [-0.1, -0.05) is 0 Å². The molecule has 0 radical (unpaired) electrons. The second-order valence-corrected chi connectivity index (χ2v) is 4.45. The van der Waals surface area contributed by atoms with E-state index in [0.29, 0.717) is 11.4 Å². The van der Waals surface area contributed by atoms with Crippen LogP contribution in [0.5, 0.6) is 0 Å². The minimum atomic E-state index is -4.32. The lowest BCUT2D eigenvalue weighted by atomic mass is 9.96. The summed E-state index contributed by atoms with van der Waals surface area (Å²) in [7, 11) is 0. The number of nitrogens with two attached hydrogens (primary N) is 1. The Balaban J connectivity index is 3.30. The Morgan fingerprint density at radius 3 is 2.12 bits per heavy atom. The third-order valence-corrected chi connectivity index (χ3v) is 2.85. The van der Waals surface area contributed by atoms with Crippen LogP contribution in [-0.2, 0) is 0 Å². The molecule has 2 N–H and O–H groups in total. The molecule has 1 atom stereocenters. The highest BCUT2D eigenvalue weighted by atomic mass is 19.4. The largest absolute Gasteiger partial charge is 0.397 e. The Morgan fingerprint density at radius 2 is 1.82 bits per heavy atom. The van der Waals surface area contributed by atoms with Gasteiger partial charge >= 0.3 is 6.18 Å². The first kappa shape index (κ1) is 14.0. The summed E-state index contributed by atoms with van der Waals surface area (Å²) in [4.78, 5) is 0. The average molecular weight is 249 g/mol. The van der Waals surface area contributed by atoms with Crippen molar-refractivity contribution in [2.45, 2.75) is 45.8 Å². The zero-order valence-electron chi connectivity index (χ0n) is 10.5. The smallest absolute Gasteiger partial charge is 0.330 e. The molecule has 0 aliphatic rings. The highest BCUT2D eigenvalue weighted by Gasteiger charge is 2.42. The van der Waals surface area contributed by atoms with Gasteiger partial charge < -0.3 is 5.73 Å². The lowest BCUT2D eigenvalue weighted by Crippen LogP contribution is -2.29. The van der Waals surface area contributed by atoms with Gasteiger partial charge in [-0.3, -0.25) is 4.68 Å². The molecule has 17 heavy (non-hydrogen) atoms. The van der Waals surface area contributed by atoms with Crippen molar-refractivity contribution < 1.29 is 13.2 Å². The molecular weight excluding hydrogens is 231 g/mol. The third kappa shape index (κ3) is 2.62. The van der Waals surface area contributed by atoms with E-state index in [1.54, 1.807) is 18.5 Å². The maximum absolute atomic E-state index is 12.9. The summed E-state index contributed by atoms with van der Waals surface area (Å²) < 4.78 is 40.2. The summed E-state index contributed by atoms with van der Waals surface area (Å²) in [5.41, 5.74) is 6.43. The van der Waals surface area contributed by atoms with Crippen molar-refractivity contribution in [1.82, 2.24) is 9.78 Å². The number of aromatic nitrogens is 2. The first-order valence-electron chi connectivity index (χ1n) is 5.52. The fraction of sp³-hybridized carbons (Fsp3) is 0.727. The number of hydrogen-bond acceptors (Lipinski definition) is 2. The van der Waals surface area contributed by atoms with Crippen molar-refractivity contribution in [2.75, 3.05) is 6.54 Å². The Kier molecular flexibility index (Phi) is 3.86. The van der Waals surface area contributed by atoms with Crippen LogP contribution in [0.1, 0.15) is 42.8 Å². The van der Waals surface area contributed by atoms with E-state index in [9.17, 15) is 13.2 Å². The number of alkyl halides is 3. The van der Waals surface area contributed by atoms with Crippen LogP contribution in [-0.4, -0.2) is 22.5 Å². The molecule has 1 rings (SSSR count). The molecule has 0 aliphatic carbocycles. The van der Waals surface area contributed by atoms with E-state index in [1.807, 2.05) is 13.8 Å². The van der Waals surface area contributed by atoms with Crippen LogP contribution in [0.4, 0.5) is 13.2 Å². The van der Waals surface area contributed by atoms with E-state index < -0.39 is 18.6 Å². The summed E-state index contributed by atoms with van der Waals surface area (Å²) in [6.07, 6.45) is -4.32.